The van der Waals surface area contributed by atoms with Crippen molar-refractivity contribution in [3.63, 3.8) is 0 Å². The van der Waals surface area contributed by atoms with E-state index >= 15 is 0 Å². The van der Waals surface area contributed by atoms with Gasteiger partial charge in [0.05, 0.1) is 18.7 Å². The largest absolute Gasteiger partial charge is 0.497 e. The second-order valence-electron chi connectivity index (χ2n) is 15.9. The molecule has 6 heteroatoms. The van der Waals surface area contributed by atoms with E-state index in [0.717, 1.165) is 47.8 Å². The van der Waals surface area contributed by atoms with Gasteiger partial charge in [-0.1, -0.05) is 58.4 Å². The lowest BCUT2D eigenvalue weighted by molar-refractivity contribution is 0.00407. The molecule has 47 heavy (non-hydrogen) atoms. The Hall–Kier alpha value is -2.96. The summed E-state index contributed by atoms with van der Waals surface area (Å²) in [5.41, 5.74) is 7.26. The molecule has 4 fully saturated rings. The number of benzene rings is 2. The molecular weight excluding hydrogens is 597 g/mol. The first-order chi connectivity index (χ1) is 22.6. The maximum absolute atomic E-state index is 6.21. The number of rotatable bonds is 8. The number of pyridine rings is 1. The molecule has 2 N–H and O–H groups in total. The van der Waals surface area contributed by atoms with Gasteiger partial charge in [-0.3, -0.25) is 9.88 Å². The zero-order chi connectivity index (χ0) is 32.9. The topological polar surface area (TPSA) is 49.4 Å². The summed E-state index contributed by atoms with van der Waals surface area (Å²) in [5.74, 6) is 3.26. The number of nitrogens with zero attached hydrogens (tertiary/aromatic N) is 2. The van der Waals surface area contributed by atoms with Crippen molar-refractivity contribution in [1.29, 1.82) is 0 Å². The van der Waals surface area contributed by atoms with Gasteiger partial charge in [0.25, 0.3) is 0 Å². The van der Waals surface area contributed by atoms with E-state index in [2.05, 4.69) is 92.3 Å². The average molecular weight is 651 g/mol. The van der Waals surface area contributed by atoms with Crippen LogP contribution in [0.4, 0.5) is 0 Å². The van der Waals surface area contributed by atoms with Gasteiger partial charge < -0.3 is 15.4 Å². The fraction of sp³-hybridized carbons (Fsp3) is 0.561. The molecule has 5 aliphatic rings. The van der Waals surface area contributed by atoms with Gasteiger partial charge in [-0.2, -0.15) is 0 Å². The maximum Gasteiger partial charge on any atom is 0.166 e. The summed E-state index contributed by atoms with van der Waals surface area (Å²) in [4.78, 5) is 7.40. The van der Waals surface area contributed by atoms with Crippen LogP contribution in [-0.4, -0.2) is 47.8 Å². The average Bonchev–Trinajstić information content (AvgIpc) is 3.09. The fourth-order valence-electron chi connectivity index (χ4n) is 10.3. The molecule has 8 atom stereocenters. The van der Waals surface area contributed by atoms with E-state index in [1.165, 1.54) is 49.7 Å². The molecule has 3 aromatic rings. The highest BCUT2D eigenvalue weighted by Gasteiger charge is 2.52. The minimum atomic E-state index is 0.0432. The highest BCUT2D eigenvalue weighted by molar-refractivity contribution is 7.80. The van der Waals surface area contributed by atoms with Crippen LogP contribution in [0.15, 0.2) is 61.3 Å². The number of hydrogen-bond donors (Lipinski definition) is 2. The highest BCUT2D eigenvalue weighted by atomic mass is 32.1. The molecule has 3 aliphatic heterocycles. The van der Waals surface area contributed by atoms with Gasteiger partial charge in [0.2, 0.25) is 0 Å². The molecule has 2 aliphatic carbocycles. The van der Waals surface area contributed by atoms with Gasteiger partial charge in [-0.25, -0.2) is 0 Å². The maximum atomic E-state index is 6.21. The molecule has 2 aromatic carbocycles. The first-order valence-electron chi connectivity index (χ1n) is 18.1. The zero-order valence-corrected chi connectivity index (χ0v) is 30.0. The number of ether oxygens (including phenoxy) is 1. The molecule has 0 spiro atoms. The summed E-state index contributed by atoms with van der Waals surface area (Å²) in [6.45, 7) is 17.0. The van der Waals surface area contributed by atoms with E-state index in [1.54, 1.807) is 18.2 Å². The number of fused-ring (bicyclic) bond motifs is 7. The number of hydrogen-bond acceptors (Lipinski definition) is 4. The van der Waals surface area contributed by atoms with Crippen LogP contribution < -0.4 is 15.4 Å². The molecule has 4 heterocycles. The third-order valence-corrected chi connectivity index (χ3v) is 13.2. The quantitative estimate of drug-likeness (QED) is 0.188. The number of thiocarbonyl (C=S) groups is 1. The molecule has 3 saturated heterocycles. The van der Waals surface area contributed by atoms with E-state index in [1.807, 2.05) is 12.3 Å². The van der Waals surface area contributed by atoms with Crippen LogP contribution in [0.25, 0.3) is 10.9 Å². The molecule has 0 amide bonds. The molecule has 250 valence electrons. The summed E-state index contributed by atoms with van der Waals surface area (Å²) in [5, 5.41) is 9.62. The van der Waals surface area contributed by atoms with Crippen LogP contribution >= 0.6 is 12.2 Å². The van der Waals surface area contributed by atoms with Crippen molar-refractivity contribution in [3.8, 4) is 5.75 Å². The van der Waals surface area contributed by atoms with Gasteiger partial charge in [0.1, 0.15) is 5.75 Å². The van der Waals surface area contributed by atoms with Gasteiger partial charge >= 0.3 is 0 Å². The van der Waals surface area contributed by atoms with E-state index in [4.69, 9.17) is 21.9 Å². The van der Waals surface area contributed by atoms with E-state index in [0.29, 0.717) is 29.7 Å². The predicted molar refractivity (Wildman–Crippen MR) is 198 cm³/mol. The Kier molecular flexibility index (Phi) is 8.88. The summed E-state index contributed by atoms with van der Waals surface area (Å²) >= 11 is 6.21. The van der Waals surface area contributed by atoms with Crippen molar-refractivity contribution in [1.82, 2.24) is 20.5 Å². The van der Waals surface area contributed by atoms with E-state index in [-0.39, 0.29) is 16.9 Å². The van der Waals surface area contributed by atoms with Crippen LogP contribution in [0, 0.1) is 23.2 Å². The third-order valence-electron chi connectivity index (χ3n) is 13.0. The van der Waals surface area contributed by atoms with Crippen LogP contribution in [0.3, 0.4) is 0 Å². The second-order valence-corrected chi connectivity index (χ2v) is 16.3. The Bertz CT molecular complexity index is 1650. The Morgan fingerprint density at radius 2 is 2.00 bits per heavy atom. The normalized spacial score (nSPS) is 31.9. The minimum absolute atomic E-state index is 0.0432. The highest BCUT2D eigenvalue weighted by Crippen LogP contribution is 2.57. The minimum Gasteiger partial charge on any atom is -0.497 e. The summed E-state index contributed by atoms with van der Waals surface area (Å²) < 4.78 is 5.66. The number of methoxy groups -OCH3 is 1. The number of piperidine rings is 3. The van der Waals surface area contributed by atoms with Crippen molar-refractivity contribution in [3.05, 3.63) is 83.6 Å². The predicted octanol–water partition coefficient (Wildman–Crippen LogP) is 8.48. The van der Waals surface area contributed by atoms with Crippen molar-refractivity contribution >= 4 is 28.2 Å². The second kappa shape index (κ2) is 12.8. The lowest BCUT2D eigenvalue weighted by atomic mass is 9.49. The van der Waals surface area contributed by atoms with Crippen LogP contribution in [0.5, 0.6) is 5.75 Å². The SMILES string of the molecule is C=C[C@@H]1CN2CCC1CC2[C@@H](NC(=S)NC[C@]1(C)CCC[C@]2(C)c3cc(C(C)C)ccc3CCC12)c1ccnc2ccc(OC)cc12. The van der Waals surface area contributed by atoms with Gasteiger partial charge in [0, 0.05) is 30.7 Å². The summed E-state index contributed by atoms with van der Waals surface area (Å²) in [6.07, 6.45) is 12.7. The monoisotopic (exact) mass is 650 g/mol. The van der Waals surface area contributed by atoms with Crippen molar-refractivity contribution < 1.29 is 4.74 Å². The van der Waals surface area contributed by atoms with Crippen molar-refractivity contribution in [2.24, 2.45) is 23.2 Å². The Labute approximate surface area is 287 Å². The van der Waals surface area contributed by atoms with Crippen molar-refractivity contribution in [2.75, 3.05) is 26.7 Å². The third kappa shape index (κ3) is 5.88. The Balaban J connectivity index is 1.15. The van der Waals surface area contributed by atoms with E-state index in [9.17, 15) is 0 Å². The molecule has 5 nitrogen and oxygen atoms in total. The standard InChI is InChI=1S/C41H54N4OS/c1-7-27-24-45-20-16-30(27)22-36(45)38(32-15-19-42-35-13-12-31(46-6)23-33(32)35)44-39(47)43-25-40(4)17-8-18-41(5)34-21-29(26(2)3)10-9-28(34)11-14-37(40)41/h7,9-10,12-13,15,19,21,23,26-27,30,36-38H,1,8,11,14,16-18,20,22,24-25H2,2-6H3,(H2,43,44,47)/t27-,30?,36?,37?,38+,40+,41-/m1/s1. The molecular formula is C41H54N4OS. The lowest BCUT2D eigenvalue weighted by Crippen LogP contribution is -2.59. The molecule has 4 unspecified atom stereocenters. The number of nitrogens with one attached hydrogen (secondary N) is 2. The molecule has 0 radical (unpaired) electrons. The van der Waals surface area contributed by atoms with Crippen molar-refractivity contribution in [2.45, 2.75) is 96.1 Å². The number of aromatic nitrogens is 1. The number of aryl methyl sites for hydroxylation is 1. The molecule has 1 aromatic heterocycles. The Morgan fingerprint density at radius 3 is 2.74 bits per heavy atom. The smallest absolute Gasteiger partial charge is 0.166 e. The molecule has 2 bridgehead atoms. The van der Waals surface area contributed by atoms with Crippen LogP contribution in [-0.2, 0) is 11.8 Å². The fourth-order valence-corrected chi connectivity index (χ4v) is 10.5. The van der Waals surface area contributed by atoms with Gasteiger partial charge in [-0.15, -0.1) is 6.58 Å². The van der Waals surface area contributed by atoms with Crippen LogP contribution in [0.1, 0.15) is 100 Å². The van der Waals surface area contributed by atoms with E-state index < -0.39 is 0 Å². The lowest BCUT2D eigenvalue weighted by Gasteiger charge is -2.56. The van der Waals surface area contributed by atoms with Crippen LogP contribution in [0.2, 0.25) is 0 Å². The Morgan fingerprint density at radius 1 is 1.15 bits per heavy atom. The van der Waals surface area contributed by atoms with Gasteiger partial charge in [0.15, 0.2) is 5.11 Å². The van der Waals surface area contributed by atoms with Gasteiger partial charge in [-0.05, 0) is 138 Å². The first-order valence-corrected chi connectivity index (χ1v) is 18.5. The summed E-state index contributed by atoms with van der Waals surface area (Å²) in [7, 11) is 1.73. The summed E-state index contributed by atoms with van der Waals surface area (Å²) in [6, 6.07) is 16.1. The zero-order valence-electron chi connectivity index (χ0n) is 29.1. The first kappa shape index (κ1) is 32.6. The molecule has 8 rings (SSSR count). The molecule has 1 saturated carbocycles.